The molecular formula is C18H25N3O3. The lowest BCUT2D eigenvalue weighted by atomic mass is 9.72. The first-order valence-corrected chi connectivity index (χ1v) is 8.33. The molecule has 1 amide bonds. The highest BCUT2D eigenvalue weighted by atomic mass is 16.6. The summed E-state index contributed by atoms with van der Waals surface area (Å²) in [6, 6.07) is 6.00. The Labute approximate surface area is 142 Å². The number of nitrogens with one attached hydrogen (secondary N) is 1. The van der Waals surface area contributed by atoms with Crippen molar-refractivity contribution in [3.63, 3.8) is 0 Å². The van der Waals surface area contributed by atoms with Crippen LogP contribution in [0.5, 0.6) is 0 Å². The number of nitro groups is 1. The summed E-state index contributed by atoms with van der Waals surface area (Å²) < 4.78 is 0. The first kappa shape index (κ1) is 18.1. The molecule has 1 saturated carbocycles. The van der Waals surface area contributed by atoms with Crippen molar-refractivity contribution in [2.45, 2.75) is 52.9 Å². The van der Waals surface area contributed by atoms with Crippen LogP contribution in [-0.2, 0) is 11.2 Å². The van der Waals surface area contributed by atoms with Gasteiger partial charge in [-0.1, -0.05) is 32.9 Å². The molecule has 0 unspecified atom stereocenters. The molecule has 130 valence electrons. The van der Waals surface area contributed by atoms with Crippen molar-refractivity contribution in [2.24, 2.45) is 16.4 Å². The zero-order chi connectivity index (χ0) is 17.7. The number of nitrogens with zero attached hydrogens (tertiary/aromatic N) is 2. The molecule has 0 bridgehead atoms. The van der Waals surface area contributed by atoms with E-state index in [1.165, 1.54) is 12.1 Å². The zero-order valence-corrected chi connectivity index (χ0v) is 14.5. The largest absolute Gasteiger partial charge is 0.273 e. The molecule has 0 aromatic heterocycles. The third-order valence-corrected chi connectivity index (χ3v) is 4.64. The lowest BCUT2D eigenvalue weighted by Crippen LogP contribution is -2.28. The molecule has 1 aliphatic carbocycles. The van der Waals surface area contributed by atoms with Gasteiger partial charge in [-0.05, 0) is 42.6 Å². The minimum absolute atomic E-state index is 0.0232. The molecule has 1 aromatic rings. The maximum atomic E-state index is 11.9. The fourth-order valence-electron chi connectivity index (χ4n) is 3.03. The fraction of sp³-hybridized carbons (Fsp3) is 0.556. The summed E-state index contributed by atoms with van der Waals surface area (Å²) in [7, 11) is 0. The summed E-state index contributed by atoms with van der Waals surface area (Å²) in [5.41, 5.74) is 4.73. The Hall–Kier alpha value is -2.24. The molecule has 0 saturated heterocycles. The van der Waals surface area contributed by atoms with E-state index in [-0.39, 0.29) is 18.0 Å². The molecule has 1 aliphatic rings. The van der Waals surface area contributed by atoms with Crippen LogP contribution in [0.25, 0.3) is 0 Å². The Morgan fingerprint density at radius 3 is 2.33 bits per heavy atom. The molecule has 1 aromatic carbocycles. The fourth-order valence-corrected chi connectivity index (χ4v) is 3.03. The molecule has 0 atom stereocenters. The maximum absolute atomic E-state index is 11.9. The summed E-state index contributed by atoms with van der Waals surface area (Å²) in [5.74, 6) is 0.501. The van der Waals surface area contributed by atoms with Gasteiger partial charge in [0.1, 0.15) is 0 Å². The van der Waals surface area contributed by atoms with Crippen LogP contribution < -0.4 is 5.43 Å². The van der Waals surface area contributed by atoms with Crippen LogP contribution in [-0.4, -0.2) is 16.5 Å². The van der Waals surface area contributed by atoms with Crippen LogP contribution in [0.2, 0.25) is 0 Å². The van der Waals surface area contributed by atoms with Crippen molar-refractivity contribution >= 4 is 17.3 Å². The number of non-ortho nitro benzene ring substituents is 1. The second-order valence-electron chi connectivity index (χ2n) is 7.45. The second kappa shape index (κ2) is 7.55. The van der Waals surface area contributed by atoms with Gasteiger partial charge in [0.15, 0.2) is 0 Å². The molecule has 24 heavy (non-hydrogen) atoms. The molecular weight excluding hydrogens is 306 g/mol. The molecule has 2 rings (SSSR count). The number of carbonyl (C=O) groups excluding carboxylic acids is 1. The van der Waals surface area contributed by atoms with Gasteiger partial charge >= 0.3 is 0 Å². The molecule has 0 spiro atoms. The minimum atomic E-state index is -0.455. The third-order valence-electron chi connectivity index (χ3n) is 4.64. The molecule has 6 nitrogen and oxygen atoms in total. The van der Waals surface area contributed by atoms with Gasteiger partial charge in [0.2, 0.25) is 5.91 Å². The number of rotatable bonds is 4. The van der Waals surface area contributed by atoms with Gasteiger partial charge in [0.05, 0.1) is 11.3 Å². The van der Waals surface area contributed by atoms with E-state index in [1.54, 1.807) is 12.1 Å². The van der Waals surface area contributed by atoms with Gasteiger partial charge in [0, 0.05) is 17.8 Å². The smallest absolute Gasteiger partial charge is 0.269 e. The van der Waals surface area contributed by atoms with Gasteiger partial charge in [-0.15, -0.1) is 0 Å². The molecule has 1 fully saturated rings. The van der Waals surface area contributed by atoms with E-state index < -0.39 is 4.92 Å². The Balaban J connectivity index is 1.82. The van der Waals surface area contributed by atoms with Crippen molar-refractivity contribution in [1.29, 1.82) is 0 Å². The highest BCUT2D eigenvalue weighted by molar-refractivity contribution is 5.87. The number of hydrazone groups is 1. The SMILES string of the molecule is CC(C)(C)C1CCC(=NNC(=O)Cc2ccc([N+](=O)[O-])cc2)CC1. The summed E-state index contributed by atoms with van der Waals surface area (Å²) in [4.78, 5) is 22.1. The van der Waals surface area contributed by atoms with Crippen LogP contribution in [0.4, 0.5) is 5.69 Å². The van der Waals surface area contributed by atoms with E-state index in [4.69, 9.17) is 0 Å². The quantitative estimate of drug-likeness (QED) is 0.672. The summed E-state index contributed by atoms with van der Waals surface area (Å²) in [6.45, 7) is 6.81. The van der Waals surface area contributed by atoms with Crippen LogP contribution in [0.3, 0.4) is 0 Å². The van der Waals surface area contributed by atoms with E-state index in [9.17, 15) is 14.9 Å². The molecule has 0 radical (unpaired) electrons. The van der Waals surface area contributed by atoms with Crippen LogP contribution >= 0.6 is 0 Å². The number of benzene rings is 1. The van der Waals surface area contributed by atoms with Crippen molar-refractivity contribution in [3.8, 4) is 0 Å². The monoisotopic (exact) mass is 331 g/mol. The van der Waals surface area contributed by atoms with Crippen molar-refractivity contribution in [1.82, 2.24) is 5.43 Å². The number of nitro benzene ring substituents is 1. The van der Waals surface area contributed by atoms with Crippen LogP contribution in [0.1, 0.15) is 52.0 Å². The minimum Gasteiger partial charge on any atom is -0.273 e. The number of hydrogen-bond donors (Lipinski definition) is 1. The van der Waals surface area contributed by atoms with Crippen LogP contribution in [0, 0.1) is 21.4 Å². The van der Waals surface area contributed by atoms with E-state index in [2.05, 4.69) is 31.3 Å². The van der Waals surface area contributed by atoms with E-state index in [0.717, 1.165) is 37.0 Å². The lowest BCUT2D eigenvalue weighted by molar-refractivity contribution is -0.384. The lowest BCUT2D eigenvalue weighted by Gasteiger charge is -2.34. The molecule has 0 heterocycles. The Bertz CT molecular complexity index is 620. The highest BCUT2D eigenvalue weighted by Gasteiger charge is 2.28. The normalized spacial score (nSPS) is 18.1. The Morgan fingerprint density at radius 1 is 1.25 bits per heavy atom. The highest BCUT2D eigenvalue weighted by Crippen LogP contribution is 2.36. The first-order valence-electron chi connectivity index (χ1n) is 8.33. The van der Waals surface area contributed by atoms with Crippen molar-refractivity contribution in [2.75, 3.05) is 0 Å². The Morgan fingerprint density at radius 2 is 1.83 bits per heavy atom. The maximum Gasteiger partial charge on any atom is 0.269 e. The van der Waals surface area contributed by atoms with E-state index >= 15 is 0 Å². The topological polar surface area (TPSA) is 84.6 Å². The molecule has 1 N–H and O–H groups in total. The third kappa shape index (κ3) is 5.15. The molecule has 0 aliphatic heterocycles. The summed E-state index contributed by atoms with van der Waals surface area (Å²) in [6.07, 6.45) is 4.25. The number of carbonyl (C=O) groups is 1. The summed E-state index contributed by atoms with van der Waals surface area (Å²) >= 11 is 0. The number of hydrogen-bond acceptors (Lipinski definition) is 4. The average molecular weight is 331 g/mol. The average Bonchev–Trinajstić information content (AvgIpc) is 2.53. The standard InChI is InChI=1S/C18H25N3O3/c1-18(2,3)14-6-8-15(9-7-14)19-20-17(22)12-13-4-10-16(11-5-13)21(23)24/h4-5,10-11,14H,6-9,12H2,1-3H3,(H,20,22). The van der Waals surface area contributed by atoms with Crippen molar-refractivity contribution < 1.29 is 9.72 Å². The first-order chi connectivity index (χ1) is 11.3. The van der Waals surface area contributed by atoms with Crippen LogP contribution in [0.15, 0.2) is 29.4 Å². The predicted molar refractivity (Wildman–Crippen MR) is 93.8 cm³/mol. The van der Waals surface area contributed by atoms with Crippen molar-refractivity contribution in [3.05, 3.63) is 39.9 Å². The second-order valence-corrected chi connectivity index (χ2v) is 7.45. The van der Waals surface area contributed by atoms with E-state index in [1.807, 2.05) is 0 Å². The zero-order valence-electron chi connectivity index (χ0n) is 14.5. The van der Waals surface area contributed by atoms with Gasteiger partial charge in [-0.2, -0.15) is 5.10 Å². The van der Waals surface area contributed by atoms with Gasteiger partial charge < -0.3 is 0 Å². The summed E-state index contributed by atoms with van der Waals surface area (Å²) in [5, 5.41) is 14.9. The van der Waals surface area contributed by atoms with E-state index in [0.29, 0.717) is 11.3 Å². The van der Waals surface area contributed by atoms with Gasteiger partial charge in [-0.25, -0.2) is 5.43 Å². The number of amides is 1. The Kier molecular flexibility index (Phi) is 5.70. The molecule has 6 heteroatoms. The predicted octanol–water partition coefficient (Wildman–Crippen LogP) is 3.85. The van der Waals surface area contributed by atoms with Gasteiger partial charge in [-0.3, -0.25) is 14.9 Å². The van der Waals surface area contributed by atoms with Gasteiger partial charge in [0.25, 0.3) is 5.69 Å².